The molecule has 0 heterocycles. The summed E-state index contributed by atoms with van der Waals surface area (Å²) in [5.41, 5.74) is 2.83. The third kappa shape index (κ3) is 13.8. The van der Waals surface area contributed by atoms with E-state index in [9.17, 15) is 42.7 Å². The molecule has 2 aliphatic rings. The van der Waals surface area contributed by atoms with E-state index in [-0.39, 0.29) is 85.5 Å². The molecule has 5 amide bonds. The summed E-state index contributed by atoms with van der Waals surface area (Å²) in [6.45, 7) is 18.4. The molecular weight excluding hydrogens is 833 g/mol. The molecule has 0 radical (unpaired) electrons. The lowest BCUT2D eigenvalue weighted by Crippen LogP contribution is -2.32. The van der Waals surface area contributed by atoms with Gasteiger partial charge in [0.05, 0.1) is 5.56 Å². The largest absolute Gasteiger partial charge is 0.478 e. The molecule has 0 saturated heterocycles. The van der Waals surface area contributed by atoms with Crippen molar-refractivity contribution in [1.82, 2.24) is 26.6 Å². The highest BCUT2D eigenvalue weighted by molar-refractivity contribution is 6.06. The van der Waals surface area contributed by atoms with Gasteiger partial charge in [-0.25, -0.2) is 13.6 Å². The van der Waals surface area contributed by atoms with Gasteiger partial charge in [-0.05, 0) is 139 Å². The lowest BCUT2D eigenvalue weighted by molar-refractivity contribution is 0.0696. The number of rotatable bonds is 14. The zero-order valence-electron chi connectivity index (χ0n) is 38.7. The highest BCUT2D eigenvalue weighted by Crippen LogP contribution is 2.33. The fraction of sp³-hybridized carbons (Fsp3) is 0.412. The summed E-state index contributed by atoms with van der Waals surface area (Å²) in [7, 11) is 0. The van der Waals surface area contributed by atoms with E-state index < -0.39 is 23.5 Å². The van der Waals surface area contributed by atoms with Gasteiger partial charge < -0.3 is 31.7 Å². The van der Waals surface area contributed by atoms with Crippen LogP contribution in [0.5, 0.6) is 0 Å². The average Bonchev–Trinajstić information content (AvgIpc) is 4.20. The van der Waals surface area contributed by atoms with Gasteiger partial charge in [-0.2, -0.15) is 0 Å². The molecule has 14 heteroatoms. The number of benzene rings is 4. The van der Waals surface area contributed by atoms with Crippen molar-refractivity contribution in [1.29, 1.82) is 0 Å². The minimum absolute atomic E-state index is 0.0902. The number of carbonyl (C=O) groups is 6. The number of carbonyl (C=O) groups excluding carboxylic acids is 5. The van der Waals surface area contributed by atoms with Crippen LogP contribution in [0.4, 0.5) is 8.78 Å². The Morgan fingerprint density at radius 1 is 0.538 bits per heavy atom. The van der Waals surface area contributed by atoms with Gasteiger partial charge in [-0.3, -0.25) is 24.0 Å². The molecule has 2 saturated carbocycles. The summed E-state index contributed by atoms with van der Waals surface area (Å²) in [5, 5.41) is 24.0. The van der Waals surface area contributed by atoms with Gasteiger partial charge in [-0.15, -0.1) is 0 Å². The predicted octanol–water partition coefficient (Wildman–Crippen LogP) is 8.78. The van der Waals surface area contributed by atoms with Crippen molar-refractivity contribution in [3.8, 4) is 22.3 Å². The van der Waals surface area contributed by atoms with Gasteiger partial charge in [0.15, 0.2) is 0 Å². The Bertz CT molecular complexity index is 2500. The van der Waals surface area contributed by atoms with E-state index in [2.05, 4.69) is 26.6 Å². The van der Waals surface area contributed by atoms with Crippen LogP contribution in [0.1, 0.15) is 154 Å². The second kappa shape index (κ2) is 20.6. The van der Waals surface area contributed by atoms with Crippen LogP contribution in [-0.2, 0) is 0 Å². The van der Waals surface area contributed by atoms with Crippen LogP contribution in [0.2, 0.25) is 0 Å². The molecule has 6 N–H and O–H groups in total. The molecule has 4 aromatic carbocycles. The summed E-state index contributed by atoms with van der Waals surface area (Å²) < 4.78 is 29.4. The fourth-order valence-corrected chi connectivity index (χ4v) is 6.61. The Balaban J connectivity index is 0.000000245. The van der Waals surface area contributed by atoms with Crippen molar-refractivity contribution >= 4 is 35.5 Å². The second-order valence-corrected chi connectivity index (χ2v) is 19.3. The number of aromatic carboxylic acids is 1. The lowest BCUT2D eigenvalue weighted by Gasteiger charge is -2.19. The zero-order valence-corrected chi connectivity index (χ0v) is 38.7. The Kier molecular flexibility index (Phi) is 15.7. The van der Waals surface area contributed by atoms with Crippen molar-refractivity contribution < 1.29 is 42.7 Å². The Morgan fingerprint density at radius 3 is 1.31 bits per heavy atom. The molecule has 0 aliphatic heterocycles. The molecule has 2 aliphatic carbocycles. The maximum atomic E-state index is 14.8. The van der Waals surface area contributed by atoms with Crippen LogP contribution in [0, 0.1) is 36.3 Å². The fourth-order valence-electron chi connectivity index (χ4n) is 6.61. The first-order chi connectivity index (χ1) is 30.5. The second-order valence-electron chi connectivity index (χ2n) is 19.3. The lowest BCUT2D eigenvalue weighted by atomic mass is 9.91. The highest BCUT2D eigenvalue weighted by Gasteiger charge is 2.28. The maximum absolute atomic E-state index is 14.8. The molecule has 65 heavy (non-hydrogen) atoms. The Labute approximate surface area is 379 Å². The van der Waals surface area contributed by atoms with Gasteiger partial charge in [0, 0.05) is 59.5 Å². The van der Waals surface area contributed by atoms with Gasteiger partial charge in [0.2, 0.25) is 0 Å². The summed E-state index contributed by atoms with van der Waals surface area (Å²) >= 11 is 0. The molecule has 0 atom stereocenters. The van der Waals surface area contributed by atoms with Crippen molar-refractivity contribution in [2.24, 2.45) is 10.8 Å². The SMILES string of the molecule is CCCNC(=O)c1cc(C(=O)NCC(C)(C)C)ccc1-c1cc(C(=O)NC2CC2)cc(F)c1C.Cc1c(F)cc(C(=O)NC2CC2)cc1-c1ccc(C(=O)NCC(C)(C)C)cc1C(=O)O. The molecule has 346 valence electrons. The number of carboxylic acid groups (broad SMARTS) is 1. The maximum Gasteiger partial charge on any atom is 0.336 e. The number of hydrogen-bond donors (Lipinski definition) is 6. The van der Waals surface area contributed by atoms with Gasteiger partial charge in [-0.1, -0.05) is 60.6 Å². The molecule has 6 rings (SSSR count). The molecule has 0 aromatic heterocycles. The van der Waals surface area contributed by atoms with E-state index in [0.29, 0.717) is 47.5 Å². The predicted molar refractivity (Wildman–Crippen MR) is 247 cm³/mol. The molecule has 0 unspecified atom stereocenters. The van der Waals surface area contributed by atoms with E-state index in [1.54, 1.807) is 25.1 Å². The monoisotopic (exact) mass is 893 g/mol. The molecule has 0 bridgehead atoms. The molecule has 12 nitrogen and oxygen atoms in total. The van der Waals surface area contributed by atoms with Crippen LogP contribution in [-0.4, -0.2) is 72.3 Å². The zero-order chi connectivity index (χ0) is 48.0. The summed E-state index contributed by atoms with van der Waals surface area (Å²) in [6.07, 6.45) is 4.39. The molecule has 2 fully saturated rings. The quantitative estimate of drug-likeness (QED) is 0.0731. The van der Waals surface area contributed by atoms with E-state index in [4.69, 9.17) is 0 Å². The molecule has 0 spiro atoms. The normalized spacial score (nSPS) is 13.5. The van der Waals surface area contributed by atoms with Crippen molar-refractivity contribution in [3.63, 3.8) is 0 Å². The van der Waals surface area contributed by atoms with Crippen molar-refractivity contribution in [2.75, 3.05) is 19.6 Å². The first-order valence-corrected chi connectivity index (χ1v) is 22.0. The van der Waals surface area contributed by atoms with Crippen molar-refractivity contribution in [3.05, 3.63) is 117 Å². The summed E-state index contributed by atoms with van der Waals surface area (Å²) in [5.74, 6) is -4.11. The molecule has 4 aromatic rings. The number of nitrogens with one attached hydrogen (secondary N) is 5. The third-order valence-corrected chi connectivity index (χ3v) is 10.8. The van der Waals surface area contributed by atoms with E-state index in [1.165, 1.54) is 43.3 Å². The van der Waals surface area contributed by atoms with Crippen LogP contribution >= 0.6 is 0 Å². The average molecular weight is 894 g/mol. The van der Waals surface area contributed by atoms with Crippen LogP contribution < -0.4 is 26.6 Å². The van der Waals surface area contributed by atoms with Crippen LogP contribution in [0.15, 0.2) is 60.7 Å². The van der Waals surface area contributed by atoms with Crippen LogP contribution in [0.25, 0.3) is 22.3 Å². The van der Waals surface area contributed by atoms with Crippen LogP contribution in [0.3, 0.4) is 0 Å². The topological polar surface area (TPSA) is 183 Å². The first-order valence-electron chi connectivity index (χ1n) is 22.0. The first kappa shape index (κ1) is 49.6. The number of hydrogen-bond acceptors (Lipinski definition) is 6. The Morgan fingerprint density at radius 2 is 0.938 bits per heavy atom. The number of carboxylic acids is 1. The van der Waals surface area contributed by atoms with Crippen molar-refractivity contribution in [2.45, 2.75) is 107 Å². The molecular formula is C51H61F2N5O7. The number of halogens is 2. The summed E-state index contributed by atoms with van der Waals surface area (Å²) in [4.78, 5) is 75.2. The van der Waals surface area contributed by atoms with E-state index in [1.807, 2.05) is 48.5 Å². The van der Waals surface area contributed by atoms with Gasteiger partial charge >= 0.3 is 5.97 Å². The van der Waals surface area contributed by atoms with E-state index >= 15 is 0 Å². The number of amides is 5. The standard InChI is InChI=1S/C27H34FN3O3.C24H27FN2O4/c1-6-11-29-26(34)22-12-17(24(32)30-15-27(3,4)5)7-10-20(22)21-13-18(14-23(28)16(21)2)25(33)31-19-8-9-19;1-13-18(10-15(11-20(13)25)22(29)27-16-6-7-16)17-8-5-14(9-19(17)23(30)31)21(28)26-12-24(2,3)4/h7,10,12-14,19H,6,8-9,11,15H2,1-5H3,(H,29,34)(H,30,32)(H,31,33);5,8-11,16H,6-7,12H2,1-4H3,(H,26,28)(H,27,29)(H,30,31). The summed E-state index contributed by atoms with van der Waals surface area (Å²) in [6, 6.07) is 14.8. The Hall–Kier alpha value is -6.44. The third-order valence-electron chi connectivity index (χ3n) is 10.8. The van der Waals surface area contributed by atoms with Gasteiger partial charge in [0.25, 0.3) is 29.5 Å². The highest BCUT2D eigenvalue weighted by atomic mass is 19.1. The minimum atomic E-state index is -1.24. The smallest absolute Gasteiger partial charge is 0.336 e. The minimum Gasteiger partial charge on any atom is -0.478 e. The van der Waals surface area contributed by atoms with E-state index in [0.717, 1.165) is 38.2 Å². The van der Waals surface area contributed by atoms with Gasteiger partial charge in [0.1, 0.15) is 11.6 Å².